The van der Waals surface area contributed by atoms with E-state index in [1.807, 2.05) is 28.5 Å². The summed E-state index contributed by atoms with van der Waals surface area (Å²) in [5.41, 5.74) is 1.44. The van der Waals surface area contributed by atoms with Crippen molar-refractivity contribution in [1.82, 2.24) is 24.7 Å². The lowest BCUT2D eigenvalue weighted by atomic mass is 10.1. The van der Waals surface area contributed by atoms with Crippen molar-refractivity contribution < 1.29 is 9.59 Å². The fourth-order valence-electron chi connectivity index (χ4n) is 3.43. The quantitative estimate of drug-likeness (QED) is 0.863. The molecule has 0 unspecified atom stereocenters. The average Bonchev–Trinajstić information content (AvgIpc) is 3.22. The zero-order valence-corrected chi connectivity index (χ0v) is 14.7. The van der Waals surface area contributed by atoms with E-state index in [0.717, 1.165) is 64.0 Å². The van der Waals surface area contributed by atoms with E-state index in [2.05, 4.69) is 10.3 Å². The van der Waals surface area contributed by atoms with E-state index in [0.29, 0.717) is 18.1 Å². The first-order valence-corrected chi connectivity index (χ1v) is 8.89. The molecule has 2 aliphatic heterocycles. The second-order valence-corrected chi connectivity index (χ2v) is 6.90. The van der Waals surface area contributed by atoms with Crippen molar-refractivity contribution in [2.45, 2.75) is 38.6 Å². The third-order valence-electron chi connectivity index (χ3n) is 4.76. The van der Waals surface area contributed by atoms with Crippen LogP contribution < -0.4 is 5.32 Å². The summed E-state index contributed by atoms with van der Waals surface area (Å²) in [6, 6.07) is 0. The summed E-state index contributed by atoms with van der Waals surface area (Å²) in [7, 11) is 3.94. The molecule has 2 aliphatic rings. The van der Waals surface area contributed by atoms with Crippen LogP contribution in [0.3, 0.4) is 0 Å². The predicted octanol–water partition coefficient (Wildman–Crippen LogP) is 0.747. The number of aromatic nitrogens is 2. The number of rotatable bonds is 5. The van der Waals surface area contributed by atoms with E-state index in [1.165, 1.54) is 0 Å². The maximum Gasteiger partial charge on any atom is 0.287 e. The van der Waals surface area contributed by atoms with Gasteiger partial charge in [-0.05, 0) is 46.2 Å². The maximum atomic E-state index is 12.8. The Bertz CT molecular complexity index is 617. The normalized spacial score (nSPS) is 17.2. The summed E-state index contributed by atoms with van der Waals surface area (Å²) in [6.45, 7) is 3.72. The van der Waals surface area contributed by atoms with Crippen LogP contribution in [0.25, 0.3) is 0 Å². The third kappa shape index (κ3) is 3.45. The zero-order chi connectivity index (χ0) is 17.1. The van der Waals surface area contributed by atoms with Crippen LogP contribution in [-0.4, -0.2) is 71.4 Å². The molecule has 0 aliphatic carbocycles. The molecule has 3 heterocycles. The first-order chi connectivity index (χ1) is 11.6. The Balaban J connectivity index is 1.81. The molecule has 2 amide bonds. The molecule has 24 heavy (non-hydrogen) atoms. The molecule has 1 aromatic rings. The van der Waals surface area contributed by atoms with Crippen LogP contribution in [0.15, 0.2) is 0 Å². The molecule has 0 atom stereocenters. The van der Waals surface area contributed by atoms with Gasteiger partial charge in [0.2, 0.25) is 0 Å². The molecule has 0 spiro atoms. The highest BCUT2D eigenvalue weighted by Gasteiger charge is 2.30. The Kier molecular flexibility index (Phi) is 5.18. The fourth-order valence-corrected chi connectivity index (χ4v) is 3.43. The molecule has 7 heteroatoms. The van der Waals surface area contributed by atoms with Crippen molar-refractivity contribution in [3.05, 3.63) is 17.2 Å². The van der Waals surface area contributed by atoms with Crippen molar-refractivity contribution >= 4 is 11.8 Å². The number of carbonyl (C=O) groups is 2. The van der Waals surface area contributed by atoms with Gasteiger partial charge in [0.1, 0.15) is 5.69 Å². The lowest BCUT2D eigenvalue weighted by Crippen LogP contribution is -2.33. The van der Waals surface area contributed by atoms with Gasteiger partial charge in [0, 0.05) is 32.7 Å². The van der Waals surface area contributed by atoms with Gasteiger partial charge in [0.25, 0.3) is 11.8 Å². The summed E-state index contributed by atoms with van der Waals surface area (Å²) in [5, 5.41) is 2.91. The number of nitrogens with zero attached hydrogens (tertiary/aromatic N) is 4. The summed E-state index contributed by atoms with van der Waals surface area (Å²) in [6.07, 6.45) is 5.01. The van der Waals surface area contributed by atoms with Gasteiger partial charge in [-0.1, -0.05) is 0 Å². The van der Waals surface area contributed by atoms with Crippen molar-refractivity contribution in [2.24, 2.45) is 0 Å². The van der Waals surface area contributed by atoms with Crippen molar-refractivity contribution in [3.8, 4) is 0 Å². The molecule has 0 aromatic carbocycles. The molecule has 1 saturated heterocycles. The van der Waals surface area contributed by atoms with E-state index in [4.69, 9.17) is 0 Å². The number of hydrogen-bond acceptors (Lipinski definition) is 4. The Morgan fingerprint density at radius 2 is 1.83 bits per heavy atom. The summed E-state index contributed by atoms with van der Waals surface area (Å²) in [5.74, 6) is 0.206. The van der Waals surface area contributed by atoms with Crippen LogP contribution >= 0.6 is 0 Å². The number of nitrogens with one attached hydrogen (secondary N) is 1. The fraction of sp³-hybridized carbons (Fsp3) is 0.706. The van der Waals surface area contributed by atoms with Gasteiger partial charge in [0.15, 0.2) is 5.82 Å². The first kappa shape index (κ1) is 17.0. The molecule has 1 N–H and O–H groups in total. The number of likely N-dealkylation sites (tertiary alicyclic amines) is 1. The van der Waals surface area contributed by atoms with Gasteiger partial charge in [-0.15, -0.1) is 0 Å². The molecule has 132 valence electrons. The van der Waals surface area contributed by atoms with Crippen LogP contribution in [-0.2, 0) is 13.0 Å². The number of imidazole rings is 1. The lowest BCUT2D eigenvalue weighted by molar-refractivity contribution is 0.0786. The second-order valence-electron chi connectivity index (χ2n) is 6.90. The molecule has 0 bridgehead atoms. The van der Waals surface area contributed by atoms with Crippen molar-refractivity contribution in [2.75, 3.05) is 40.3 Å². The highest BCUT2D eigenvalue weighted by molar-refractivity contribution is 5.97. The van der Waals surface area contributed by atoms with E-state index in [1.54, 1.807) is 0 Å². The Morgan fingerprint density at radius 3 is 2.54 bits per heavy atom. The number of hydrogen-bond donors (Lipinski definition) is 1. The smallest absolute Gasteiger partial charge is 0.287 e. The number of carbonyl (C=O) groups excluding carboxylic acids is 2. The van der Waals surface area contributed by atoms with Gasteiger partial charge in [-0.25, -0.2) is 4.98 Å². The Labute approximate surface area is 143 Å². The molecule has 1 fully saturated rings. The largest absolute Gasteiger partial charge is 0.348 e. The van der Waals surface area contributed by atoms with Crippen LogP contribution in [0.2, 0.25) is 0 Å². The Morgan fingerprint density at radius 1 is 1.12 bits per heavy atom. The van der Waals surface area contributed by atoms with Gasteiger partial charge in [-0.3, -0.25) is 9.59 Å². The minimum atomic E-state index is -0.180. The lowest BCUT2D eigenvalue weighted by Gasteiger charge is -2.19. The van der Waals surface area contributed by atoms with Gasteiger partial charge in [0.05, 0.1) is 5.69 Å². The van der Waals surface area contributed by atoms with E-state index in [-0.39, 0.29) is 11.8 Å². The number of fused-ring (bicyclic) bond motifs is 1. The second kappa shape index (κ2) is 7.34. The van der Waals surface area contributed by atoms with Crippen molar-refractivity contribution in [1.29, 1.82) is 0 Å². The summed E-state index contributed by atoms with van der Waals surface area (Å²) >= 11 is 0. The predicted molar refractivity (Wildman–Crippen MR) is 91.2 cm³/mol. The third-order valence-corrected chi connectivity index (χ3v) is 4.76. The average molecular weight is 333 g/mol. The summed E-state index contributed by atoms with van der Waals surface area (Å²) < 4.78 is 1.96. The highest BCUT2D eigenvalue weighted by atomic mass is 16.2. The molecule has 3 rings (SSSR count). The molecule has 1 aromatic heterocycles. The van der Waals surface area contributed by atoms with E-state index < -0.39 is 0 Å². The van der Waals surface area contributed by atoms with Crippen LogP contribution in [0, 0.1) is 0 Å². The van der Waals surface area contributed by atoms with E-state index in [9.17, 15) is 9.59 Å². The number of likely N-dealkylation sites (N-methyl/N-ethyl adjacent to an activating group) is 1. The van der Waals surface area contributed by atoms with Crippen molar-refractivity contribution in [3.63, 3.8) is 0 Å². The SMILES string of the molecule is CN(C)CCNC(=O)c1nc(C(=O)N2CCCC2)c2n1CCCC2. The van der Waals surface area contributed by atoms with Gasteiger partial charge < -0.3 is 19.7 Å². The zero-order valence-electron chi connectivity index (χ0n) is 14.7. The van der Waals surface area contributed by atoms with Crippen LogP contribution in [0.4, 0.5) is 0 Å². The minimum absolute atomic E-state index is 0.00880. The Hall–Kier alpha value is -1.89. The monoisotopic (exact) mass is 333 g/mol. The standard InChI is InChI=1S/C17H27N5O2/c1-20(2)12-8-18-16(23)15-19-14(13-7-3-4-11-22(13)15)17(24)21-9-5-6-10-21/h3-12H2,1-2H3,(H,18,23). The van der Waals surface area contributed by atoms with Gasteiger partial charge >= 0.3 is 0 Å². The molecule has 0 saturated carbocycles. The number of amides is 2. The van der Waals surface area contributed by atoms with E-state index >= 15 is 0 Å². The van der Waals surface area contributed by atoms with Crippen LogP contribution in [0.1, 0.15) is 52.5 Å². The first-order valence-electron chi connectivity index (χ1n) is 8.89. The highest BCUT2D eigenvalue weighted by Crippen LogP contribution is 2.23. The molecular weight excluding hydrogens is 306 g/mol. The van der Waals surface area contributed by atoms with Crippen LogP contribution in [0.5, 0.6) is 0 Å². The molecule has 0 radical (unpaired) electrons. The minimum Gasteiger partial charge on any atom is -0.348 e. The topological polar surface area (TPSA) is 70.5 Å². The maximum absolute atomic E-state index is 12.8. The van der Waals surface area contributed by atoms with Gasteiger partial charge in [-0.2, -0.15) is 0 Å². The molecule has 7 nitrogen and oxygen atoms in total. The summed E-state index contributed by atoms with van der Waals surface area (Å²) in [4.78, 5) is 33.7. The molecular formula is C17H27N5O2.